The van der Waals surface area contributed by atoms with Crippen LogP contribution in [0, 0.1) is 18.8 Å². The number of aliphatic carboxylic acids is 1. The lowest BCUT2D eigenvalue weighted by molar-refractivity contribution is -0.144. The van der Waals surface area contributed by atoms with Gasteiger partial charge in [-0.3, -0.25) is 9.59 Å². The fourth-order valence-corrected chi connectivity index (χ4v) is 2.98. The van der Waals surface area contributed by atoms with Crippen LogP contribution in [0.1, 0.15) is 37.7 Å². The Hall–Kier alpha value is -2.04. The Bertz CT molecular complexity index is 544. The summed E-state index contributed by atoms with van der Waals surface area (Å²) in [5.74, 6) is -0.470. The molecule has 0 saturated heterocycles. The van der Waals surface area contributed by atoms with Gasteiger partial charge < -0.3 is 15.2 Å². The monoisotopic (exact) mass is 319 g/mol. The third-order valence-corrected chi connectivity index (χ3v) is 4.37. The van der Waals surface area contributed by atoms with Gasteiger partial charge in [0.15, 0.2) is 0 Å². The number of ether oxygens (including phenoxy) is 1. The second kappa shape index (κ2) is 8.56. The lowest BCUT2D eigenvalue weighted by Crippen LogP contribution is -2.36. The van der Waals surface area contributed by atoms with E-state index in [2.05, 4.69) is 5.32 Å². The number of nitrogens with one attached hydrogen (secondary N) is 1. The number of carbonyl (C=O) groups excluding carboxylic acids is 1. The molecule has 0 aliphatic heterocycles. The molecule has 2 unspecified atom stereocenters. The average molecular weight is 319 g/mol. The molecule has 2 atom stereocenters. The maximum Gasteiger partial charge on any atom is 0.306 e. The van der Waals surface area contributed by atoms with Crippen LogP contribution in [0.15, 0.2) is 24.3 Å². The number of carboxylic acid groups (broad SMARTS) is 1. The van der Waals surface area contributed by atoms with Crippen molar-refractivity contribution in [3.8, 4) is 5.75 Å². The molecule has 2 N–H and O–H groups in total. The van der Waals surface area contributed by atoms with Crippen molar-refractivity contribution in [3.05, 3.63) is 29.8 Å². The summed E-state index contributed by atoms with van der Waals surface area (Å²) in [6.07, 6.45) is 3.47. The van der Waals surface area contributed by atoms with Gasteiger partial charge in [0, 0.05) is 12.5 Å². The molecule has 5 heteroatoms. The van der Waals surface area contributed by atoms with Gasteiger partial charge in [0.25, 0.3) is 0 Å². The predicted octanol–water partition coefficient (Wildman–Crippen LogP) is 2.77. The number of hydrogen-bond acceptors (Lipinski definition) is 3. The lowest BCUT2D eigenvalue weighted by Gasteiger charge is -2.25. The van der Waals surface area contributed by atoms with Crippen molar-refractivity contribution < 1.29 is 19.4 Å². The molecule has 0 aromatic heterocycles. The maximum atomic E-state index is 12.1. The van der Waals surface area contributed by atoms with E-state index in [1.165, 1.54) is 0 Å². The molecular formula is C18H25NO4. The summed E-state index contributed by atoms with van der Waals surface area (Å²) in [7, 11) is 0. The lowest BCUT2D eigenvalue weighted by atomic mass is 9.81. The number of rotatable bonds is 7. The maximum absolute atomic E-state index is 12.1. The van der Waals surface area contributed by atoms with Crippen molar-refractivity contribution in [2.75, 3.05) is 13.2 Å². The summed E-state index contributed by atoms with van der Waals surface area (Å²) < 4.78 is 5.68. The second-order valence-electron chi connectivity index (χ2n) is 6.16. The minimum atomic E-state index is -0.783. The summed E-state index contributed by atoms with van der Waals surface area (Å²) in [6, 6.07) is 7.84. The highest BCUT2D eigenvalue weighted by molar-refractivity contribution is 5.80. The summed E-state index contributed by atoms with van der Waals surface area (Å²) in [4.78, 5) is 23.1. The first-order chi connectivity index (χ1) is 11.1. The third kappa shape index (κ3) is 5.27. The molecule has 1 aromatic carbocycles. The van der Waals surface area contributed by atoms with Crippen LogP contribution in [0.25, 0.3) is 0 Å². The highest BCUT2D eigenvalue weighted by Gasteiger charge is 2.30. The zero-order valence-corrected chi connectivity index (χ0v) is 13.6. The van der Waals surface area contributed by atoms with E-state index in [0.717, 1.165) is 30.6 Å². The molecular weight excluding hydrogens is 294 g/mol. The van der Waals surface area contributed by atoms with Gasteiger partial charge in [-0.2, -0.15) is 0 Å². The van der Waals surface area contributed by atoms with Crippen LogP contribution in [0.4, 0.5) is 0 Å². The van der Waals surface area contributed by atoms with Gasteiger partial charge in [0.2, 0.25) is 5.91 Å². The number of para-hydroxylation sites is 1. The Morgan fingerprint density at radius 1 is 1.26 bits per heavy atom. The SMILES string of the molecule is Cc1ccccc1OCCCNC(=O)C1CCCC(C(=O)O)C1. The smallest absolute Gasteiger partial charge is 0.306 e. The number of hydrogen-bond donors (Lipinski definition) is 2. The Balaban J connectivity index is 1.65. The van der Waals surface area contributed by atoms with Crippen molar-refractivity contribution in [1.82, 2.24) is 5.32 Å². The van der Waals surface area contributed by atoms with Crippen molar-refractivity contribution in [2.45, 2.75) is 39.0 Å². The van der Waals surface area contributed by atoms with Crippen molar-refractivity contribution in [1.29, 1.82) is 0 Å². The standard InChI is InChI=1S/C18H25NO4/c1-13-6-2-3-9-16(13)23-11-5-10-19-17(20)14-7-4-8-15(12-14)18(21)22/h2-3,6,9,14-15H,4-5,7-8,10-12H2,1H3,(H,19,20)(H,21,22). The topological polar surface area (TPSA) is 75.6 Å². The van der Waals surface area contributed by atoms with E-state index >= 15 is 0 Å². The average Bonchev–Trinajstić information content (AvgIpc) is 2.56. The van der Waals surface area contributed by atoms with Crippen LogP contribution in [-0.4, -0.2) is 30.1 Å². The van der Waals surface area contributed by atoms with E-state index in [4.69, 9.17) is 9.84 Å². The van der Waals surface area contributed by atoms with Gasteiger partial charge in [-0.25, -0.2) is 0 Å². The van der Waals surface area contributed by atoms with Crippen molar-refractivity contribution >= 4 is 11.9 Å². The fourth-order valence-electron chi connectivity index (χ4n) is 2.98. The van der Waals surface area contributed by atoms with Crippen LogP contribution in [0.5, 0.6) is 5.75 Å². The van der Waals surface area contributed by atoms with E-state index in [0.29, 0.717) is 26.0 Å². The molecule has 2 rings (SSSR count). The molecule has 1 amide bonds. The van der Waals surface area contributed by atoms with Crippen LogP contribution in [0.3, 0.4) is 0 Å². The Kier molecular flexibility index (Phi) is 6.44. The van der Waals surface area contributed by atoms with Gasteiger partial charge >= 0.3 is 5.97 Å². The molecule has 1 aromatic rings. The first-order valence-electron chi connectivity index (χ1n) is 8.27. The highest BCUT2D eigenvalue weighted by Crippen LogP contribution is 2.29. The largest absolute Gasteiger partial charge is 0.493 e. The zero-order valence-electron chi connectivity index (χ0n) is 13.6. The van der Waals surface area contributed by atoms with Crippen LogP contribution < -0.4 is 10.1 Å². The van der Waals surface area contributed by atoms with E-state index < -0.39 is 5.97 Å². The number of benzene rings is 1. The minimum Gasteiger partial charge on any atom is -0.493 e. The molecule has 23 heavy (non-hydrogen) atoms. The van der Waals surface area contributed by atoms with Crippen molar-refractivity contribution in [3.63, 3.8) is 0 Å². The second-order valence-corrected chi connectivity index (χ2v) is 6.16. The summed E-state index contributed by atoms with van der Waals surface area (Å²) in [5.41, 5.74) is 1.10. The predicted molar refractivity (Wildman–Crippen MR) is 87.4 cm³/mol. The minimum absolute atomic E-state index is 0.0214. The Morgan fingerprint density at radius 3 is 2.74 bits per heavy atom. The van der Waals surface area contributed by atoms with Crippen LogP contribution >= 0.6 is 0 Å². The summed E-state index contributed by atoms with van der Waals surface area (Å²) in [6.45, 7) is 3.10. The molecule has 0 heterocycles. The molecule has 0 bridgehead atoms. The fraction of sp³-hybridized carbons (Fsp3) is 0.556. The Morgan fingerprint density at radius 2 is 2.00 bits per heavy atom. The molecule has 1 aliphatic carbocycles. The van der Waals surface area contributed by atoms with Gasteiger partial charge in [-0.1, -0.05) is 24.6 Å². The van der Waals surface area contributed by atoms with E-state index in [-0.39, 0.29) is 17.7 Å². The van der Waals surface area contributed by atoms with Gasteiger partial charge in [-0.15, -0.1) is 0 Å². The van der Waals surface area contributed by atoms with Gasteiger partial charge in [-0.05, 0) is 44.2 Å². The van der Waals surface area contributed by atoms with E-state index in [1.807, 2.05) is 31.2 Å². The van der Waals surface area contributed by atoms with Crippen molar-refractivity contribution in [2.24, 2.45) is 11.8 Å². The van der Waals surface area contributed by atoms with Gasteiger partial charge in [0.05, 0.1) is 12.5 Å². The third-order valence-electron chi connectivity index (χ3n) is 4.37. The number of carboxylic acids is 1. The normalized spacial score (nSPS) is 20.7. The molecule has 1 saturated carbocycles. The quantitative estimate of drug-likeness (QED) is 0.758. The Labute approximate surface area is 137 Å². The van der Waals surface area contributed by atoms with E-state index in [1.54, 1.807) is 0 Å². The molecule has 1 aliphatic rings. The molecule has 0 radical (unpaired) electrons. The molecule has 126 valence electrons. The molecule has 1 fully saturated rings. The van der Waals surface area contributed by atoms with Gasteiger partial charge in [0.1, 0.15) is 5.75 Å². The van der Waals surface area contributed by atoms with Crippen LogP contribution in [-0.2, 0) is 9.59 Å². The summed E-state index contributed by atoms with van der Waals surface area (Å²) in [5, 5.41) is 12.0. The number of carbonyl (C=O) groups is 2. The summed E-state index contributed by atoms with van der Waals surface area (Å²) >= 11 is 0. The first kappa shape index (κ1) is 17.3. The molecule has 0 spiro atoms. The first-order valence-corrected chi connectivity index (χ1v) is 8.27. The highest BCUT2D eigenvalue weighted by atomic mass is 16.5. The molecule has 5 nitrogen and oxygen atoms in total. The van der Waals surface area contributed by atoms with Crippen LogP contribution in [0.2, 0.25) is 0 Å². The number of aryl methyl sites for hydroxylation is 1. The number of amides is 1. The van der Waals surface area contributed by atoms with E-state index in [9.17, 15) is 9.59 Å². The zero-order chi connectivity index (χ0) is 16.7.